The third kappa shape index (κ3) is 4.12. The topological polar surface area (TPSA) is 66.4 Å². The summed E-state index contributed by atoms with van der Waals surface area (Å²) in [5.74, 6) is -0.225. The van der Waals surface area contributed by atoms with Crippen molar-refractivity contribution in [2.45, 2.75) is 34.1 Å². The fraction of sp³-hybridized carbons (Fsp3) is 0.250. The van der Waals surface area contributed by atoms with Crippen LogP contribution in [0.5, 0.6) is 0 Å². The SMILES string of the molecule is CC/C(C)=N/Nc1nc2cc(C)c(NC(=O)c3ccccc3Cl)c(C)c2s1. The molecular formula is C20H21ClN4OS. The van der Waals surface area contributed by atoms with Crippen LogP contribution in [-0.2, 0) is 0 Å². The lowest BCUT2D eigenvalue weighted by molar-refractivity contribution is 0.102. The molecule has 2 aromatic carbocycles. The fourth-order valence-corrected chi connectivity index (χ4v) is 3.79. The zero-order chi connectivity index (χ0) is 19.6. The lowest BCUT2D eigenvalue weighted by atomic mass is 10.1. The van der Waals surface area contributed by atoms with Crippen molar-refractivity contribution in [3.63, 3.8) is 0 Å². The van der Waals surface area contributed by atoms with E-state index in [1.54, 1.807) is 24.3 Å². The number of hydrogen-bond donors (Lipinski definition) is 2. The first kappa shape index (κ1) is 19.3. The molecular weight excluding hydrogens is 380 g/mol. The van der Waals surface area contributed by atoms with Crippen LogP contribution in [0.3, 0.4) is 0 Å². The van der Waals surface area contributed by atoms with Crippen LogP contribution >= 0.6 is 22.9 Å². The summed E-state index contributed by atoms with van der Waals surface area (Å²) in [5.41, 5.74) is 8.08. The van der Waals surface area contributed by atoms with Gasteiger partial charge in [-0.1, -0.05) is 42.0 Å². The summed E-state index contributed by atoms with van der Waals surface area (Å²) in [5, 5.41) is 8.48. The van der Waals surface area contributed by atoms with E-state index < -0.39 is 0 Å². The maximum atomic E-state index is 12.7. The van der Waals surface area contributed by atoms with Crippen LogP contribution in [0.25, 0.3) is 10.2 Å². The molecule has 1 aromatic heterocycles. The van der Waals surface area contributed by atoms with Crippen LogP contribution in [0.4, 0.5) is 10.8 Å². The minimum atomic E-state index is -0.225. The van der Waals surface area contributed by atoms with Crippen LogP contribution < -0.4 is 10.7 Å². The summed E-state index contributed by atoms with van der Waals surface area (Å²) in [7, 11) is 0. The molecule has 0 aliphatic heterocycles. The third-order valence-corrected chi connectivity index (χ3v) is 5.75. The van der Waals surface area contributed by atoms with E-state index in [0.29, 0.717) is 10.6 Å². The van der Waals surface area contributed by atoms with E-state index in [0.717, 1.165) is 44.3 Å². The Morgan fingerprint density at radius 3 is 2.74 bits per heavy atom. The number of hydrazone groups is 1. The summed E-state index contributed by atoms with van der Waals surface area (Å²) in [6.07, 6.45) is 0.883. The van der Waals surface area contributed by atoms with E-state index in [1.807, 2.05) is 26.8 Å². The third-order valence-electron chi connectivity index (χ3n) is 4.33. The molecule has 0 aliphatic carbocycles. The number of nitrogens with one attached hydrogen (secondary N) is 2. The second-order valence-corrected chi connectivity index (χ2v) is 7.71. The van der Waals surface area contributed by atoms with E-state index >= 15 is 0 Å². The minimum absolute atomic E-state index is 0.225. The number of carbonyl (C=O) groups is 1. The number of aryl methyl sites for hydroxylation is 2. The number of amides is 1. The molecule has 0 atom stereocenters. The molecule has 0 spiro atoms. The van der Waals surface area contributed by atoms with Crippen LogP contribution in [-0.4, -0.2) is 16.6 Å². The molecule has 3 rings (SSSR count). The van der Waals surface area contributed by atoms with Gasteiger partial charge in [0, 0.05) is 11.4 Å². The molecule has 140 valence electrons. The zero-order valence-corrected chi connectivity index (χ0v) is 17.3. The zero-order valence-electron chi connectivity index (χ0n) is 15.7. The molecule has 27 heavy (non-hydrogen) atoms. The van der Waals surface area contributed by atoms with Gasteiger partial charge < -0.3 is 5.32 Å². The molecule has 0 radical (unpaired) electrons. The number of thiazole rings is 1. The summed E-state index contributed by atoms with van der Waals surface area (Å²) >= 11 is 7.66. The number of hydrogen-bond acceptors (Lipinski definition) is 5. The maximum Gasteiger partial charge on any atom is 0.257 e. The van der Waals surface area contributed by atoms with E-state index in [4.69, 9.17) is 11.6 Å². The van der Waals surface area contributed by atoms with Gasteiger partial charge in [-0.25, -0.2) is 4.98 Å². The molecule has 0 saturated carbocycles. The molecule has 1 heterocycles. The monoisotopic (exact) mass is 400 g/mol. The van der Waals surface area contributed by atoms with E-state index in [2.05, 4.69) is 27.8 Å². The predicted octanol–water partition coefficient (Wildman–Crippen LogP) is 6.02. The average molecular weight is 401 g/mol. The van der Waals surface area contributed by atoms with Gasteiger partial charge in [0.2, 0.25) is 5.13 Å². The molecule has 3 aromatic rings. The first-order chi connectivity index (χ1) is 12.9. The Kier molecular flexibility index (Phi) is 5.77. The molecule has 0 fully saturated rings. The van der Waals surface area contributed by atoms with Gasteiger partial charge in [0.25, 0.3) is 5.91 Å². The lowest BCUT2D eigenvalue weighted by Crippen LogP contribution is -2.14. The van der Waals surface area contributed by atoms with Gasteiger partial charge in [0.05, 0.1) is 20.8 Å². The van der Waals surface area contributed by atoms with Gasteiger partial charge in [0.1, 0.15) is 0 Å². The first-order valence-corrected chi connectivity index (χ1v) is 9.86. The van der Waals surface area contributed by atoms with Crippen molar-refractivity contribution in [2.24, 2.45) is 5.10 Å². The van der Waals surface area contributed by atoms with Crippen LogP contribution in [0.2, 0.25) is 5.02 Å². The number of fused-ring (bicyclic) bond motifs is 1. The van der Waals surface area contributed by atoms with Gasteiger partial charge in [-0.3, -0.25) is 10.2 Å². The van der Waals surface area contributed by atoms with Crippen molar-refractivity contribution < 1.29 is 4.79 Å². The van der Waals surface area contributed by atoms with Crippen molar-refractivity contribution >= 4 is 55.6 Å². The lowest BCUT2D eigenvalue weighted by Gasteiger charge is -2.13. The minimum Gasteiger partial charge on any atom is -0.321 e. The van der Waals surface area contributed by atoms with Crippen molar-refractivity contribution in [1.29, 1.82) is 0 Å². The highest BCUT2D eigenvalue weighted by atomic mass is 35.5. The number of benzene rings is 2. The van der Waals surface area contributed by atoms with E-state index in [1.165, 1.54) is 11.3 Å². The van der Waals surface area contributed by atoms with Gasteiger partial charge in [-0.15, -0.1) is 0 Å². The summed E-state index contributed by atoms with van der Waals surface area (Å²) in [4.78, 5) is 17.3. The highest BCUT2D eigenvalue weighted by Gasteiger charge is 2.16. The fourth-order valence-electron chi connectivity index (χ4n) is 2.67. The highest BCUT2D eigenvalue weighted by molar-refractivity contribution is 7.22. The van der Waals surface area contributed by atoms with Crippen LogP contribution in [0, 0.1) is 13.8 Å². The van der Waals surface area contributed by atoms with E-state index in [9.17, 15) is 4.79 Å². The Balaban J connectivity index is 1.94. The summed E-state index contributed by atoms with van der Waals surface area (Å²) in [6.45, 7) is 7.97. The van der Waals surface area contributed by atoms with Gasteiger partial charge in [0.15, 0.2) is 0 Å². The summed E-state index contributed by atoms with van der Waals surface area (Å²) < 4.78 is 1.02. The average Bonchev–Trinajstić information content (AvgIpc) is 3.06. The number of nitrogens with zero attached hydrogens (tertiary/aromatic N) is 2. The van der Waals surface area contributed by atoms with Crippen molar-refractivity contribution in [2.75, 3.05) is 10.7 Å². The molecule has 1 amide bonds. The smallest absolute Gasteiger partial charge is 0.257 e. The quantitative estimate of drug-likeness (QED) is 0.406. The van der Waals surface area contributed by atoms with Crippen molar-refractivity contribution in [3.05, 3.63) is 52.0 Å². The number of carbonyl (C=O) groups excluding carboxylic acids is 1. The number of aromatic nitrogens is 1. The van der Waals surface area contributed by atoms with Crippen LogP contribution in [0.15, 0.2) is 35.4 Å². The highest BCUT2D eigenvalue weighted by Crippen LogP contribution is 2.35. The van der Waals surface area contributed by atoms with Crippen LogP contribution in [0.1, 0.15) is 41.8 Å². The van der Waals surface area contributed by atoms with Crippen molar-refractivity contribution in [1.82, 2.24) is 4.98 Å². The second-order valence-electron chi connectivity index (χ2n) is 6.31. The second kappa shape index (κ2) is 8.06. The van der Waals surface area contributed by atoms with Gasteiger partial charge in [-0.05, 0) is 56.5 Å². The summed E-state index contributed by atoms with van der Waals surface area (Å²) in [6, 6.07) is 8.99. The molecule has 2 N–H and O–H groups in total. The van der Waals surface area contributed by atoms with Gasteiger partial charge in [-0.2, -0.15) is 5.10 Å². The van der Waals surface area contributed by atoms with Gasteiger partial charge >= 0.3 is 0 Å². The number of anilines is 2. The molecule has 7 heteroatoms. The Bertz CT molecular complexity index is 1040. The van der Waals surface area contributed by atoms with Crippen molar-refractivity contribution in [3.8, 4) is 0 Å². The molecule has 0 unspecified atom stereocenters. The maximum absolute atomic E-state index is 12.7. The predicted molar refractivity (Wildman–Crippen MR) is 116 cm³/mol. The molecule has 0 aliphatic rings. The first-order valence-electron chi connectivity index (χ1n) is 8.66. The molecule has 0 saturated heterocycles. The Morgan fingerprint density at radius 2 is 2.04 bits per heavy atom. The standard InChI is InChI=1S/C20H21ClN4OS/c1-5-12(3)24-25-20-22-16-10-11(2)17(13(4)18(16)27-20)23-19(26)14-8-6-7-9-15(14)21/h6-10H,5H2,1-4H3,(H,22,25)(H,23,26)/b24-12+. The molecule has 5 nitrogen and oxygen atoms in total. The number of halogens is 1. The number of rotatable bonds is 5. The largest absolute Gasteiger partial charge is 0.321 e. The Hall–Kier alpha value is -2.44. The Labute approximate surface area is 167 Å². The Morgan fingerprint density at radius 1 is 1.30 bits per heavy atom. The normalized spacial score (nSPS) is 11.7. The van der Waals surface area contributed by atoms with E-state index in [-0.39, 0.29) is 5.91 Å². The molecule has 0 bridgehead atoms.